The first-order chi connectivity index (χ1) is 15.5. The lowest BCUT2D eigenvalue weighted by Crippen LogP contribution is -2.43. The van der Waals surface area contributed by atoms with Crippen LogP contribution in [0, 0.1) is 0 Å². The van der Waals surface area contributed by atoms with E-state index in [9.17, 15) is 9.59 Å². The molecule has 4 rings (SSSR count). The number of aromatic nitrogens is 1. The van der Waals surface area contributed by atoms with E-state index in [1.807, 2.05) is 24.3 Å². The lowest BCUT2D eigenvalue weighted by atomic mass is 9.87. The molecule has 0 spiro atoms. The predicted molar refractivity (Wildman–Crippen MR) is 118 cm³/mol. The van der Waals surface area contributed by atoms with Gasteiger partial charge in [-0.05, 0) is 47.9 Å². The first-order valence-electron chi connectivity index (χ1n) is 10.1. The summed E-state index contributed by atoms with van der Waals surface area (Å²) in [6.45, 7) is -0.181. The number of fused-ring (bicyclic) bond motifs is 1. The van der Waals surface area contributed by atoms with E-state index in [4.69, 9.17) is 26.2 Å². The molecule has 32 heavy (non-hydrogen) atoms. The third kappa shape index (κ3) is 4.84. The van der Waals surface area contributed by atoms with Gasteiger partial charge in [-0.15, -0.1) is 0 Å². The Hall–Kier alpha value is -3.58. The van der Waals surface area contributed by atoms with Gasteiger partial charge in [0.25, 0.3) is 5.91 Å². The molecule has 164 valence electrons. The van der Waals surface area contributed by atoms with Crippen molar-refractivity contribution in [2.45, 2.75) is 12.5 Å². The molecule has 1 aliphatic rings. The van der Waals surface area contributed by atoms with Gasteiger partial charge in [0.05, 0.1) is 12.2 Å². The lowest BCUT2D eigenvalue weighted by molar-refractivity contribution is -0.139. The highest BCUT2D eigenvalue weighted by Crippen LogP contribution is 2.40. The average Bonchev–Trinajstić information content (AvgIpc) is 2.81. The van der Waals surface area contributed by atoms with Gasteiger partial charge in [0, 0.05) is 23.3 Å². The fourth-order valence-electron chi connectivity index (χ4n) is 3.84. The van der Waals surface area contributed by atoms with Gasteiger partial charge in [-0.1, -0.05) is 35.9 Å². The fraction of sp³-hybridized carbons (Fsp3) is 0.208. The zero-order valence-corrected chi connectivity index (χ0v) is 17.9. The van der Waals surface area contributed by atoms with E-state index in [1.54, 1.807) is 47.6 Å². The van der Waals surface area contributed by atoms with Gasteiger partial charge in [-0.3, -0.25) is 9.78 Å². The van der Waals surface area contributed by atoms with Crippen molar-refractivity contribution in [1.82, 2.24) is 9.88 Å². The largest absolute Gasteiger partial charge is 0.482 e. The molecule has 8 heteroatoms. The molecule has 3 aromatic rings. The van der Waals surface area contributed by atoms with E-state index in [-0.39, 0.29) is 12.5 Å². The number of benzene rings is 2. The van der Waals surface area contributed by atoms with E-state index in [1.165, 1.54) is 0 Å². The van der Waals surface area contributed by atoms with Crippen LogP contribution in [0.2, 0.25) is 5.02 Å². The molecule has 0 aliphatic carbocycles. The van der Waals surface area contributed by atoms with Crippen molar-refractivity contribution in [2.75, 3.05) is 19.8 Å². The zero-order valence-electron chi connectivity index (χ0n) is 17.1. The van der Waals surface area contributed by atoms with Crippen LogP contribution in [0.25, 0.3) is 0 Å². The molecular weight excluding hydrogens is 432 g/mol. The van der Waals surface area contributed by atoms with Crippen molar-refractivity contribution in [3.8, 4) is 11.5 Å². The number of aliphatic carboxylic acids is 1. The monoisotopic (exact) mass is 452 g/mol. The molecule has 0 saturated carbocycles. The minimum absolute atomic E-state index is 0.157. The van der Waals surface area contributed by atoms with E-state index in [0.717, 1.165) is 11.1 Å². The van der Waals surface area contributed by atoms with Gasteiger partial charge in [-0.25, -0.2) is 4.79 Å². The molecule has 0 saturated heterocycles. The highest BCUT2D eigenvalue weighted by molar-refractivity contribution is 6.30. The minimum Gasteiger partial charge on any atom is -0.482 e. The SMILES string of the molecule is O=C(O)COc1ccc(Cl)cc1C1c2ccccc2CCN1C(=O)COc1cccnc1. The van der Waals surface area contributed by atoms with E-state index in [2.05, 4.69) is 4.98 Å². The summed E-state index contributed by atoms with van der Waals surface area (Å²) in [5.41, 5.74) is 2.68. The lowest BCUT2D eigenvalue weighted by Gasteiger charge is -2.38. The number of halogens is 1. The van der Waals surface area contributed by atoms with Crippen LogP contribution in [-0.4, -0.2) is 46.6 Å². The van der Waals surface area contributed by atoms with E-state index < -0.39 is 18.6 Å². The van der Waals surface area contributed by atoms with Gasteiger partial charge >= 0.3 is 5.97 Å². The molecule has 2 heterocycles. The van der Waals surface area contributed by atoms with Gasteiger partial charge in [0.1, 0.15) is 11.5 Å². The molecule has 2 aromatic carbocycles. The van der Waals surface area contributed by atoms with E-state index >= 15 is 0 Å². The maximum absolute atomic E-state index is 13.2. The number of hydrogen-bond donors (Lipinski definition) is 1. The summed E-state index contributed by atoms with van der Waals surface area (Å²) in [4.78, 5) is 30.0. The number of nitrogens with zero attached hydrogens (tertiary/aromatic N) is 2. The quantitative estimate of drug-likeness (QED) is 0.587. The fourth-order valence-corrected chi connectivity index (χ4v) is 4.02. The topological polar surface area (TPSA) is 89.0 Å². The number of ether oxygens (including phenoxy) is 2. The van der Waals surface area contributed by atoms with E-state index in [0.29, 0.717) is 35.1 Å². The number of pyridine rings is 1. The summed E-state index contributed by atoms with van der Waals surface area (Å²) in [5.74, 6) is -0.433. The van der Waals surface area contributed by atoms with Gasteiger partial charge in [0.2, 0.25) is 0 Å². The maximum Gasteiger partial charge on any atom is 0.341 e. The molecule has 0 radical (unpaired) electrons. The number of carbonyl (C=O) groups excluding carboxylic acids is 1. The summed E-state index contributed by atoms with van der Waals surface area (Å²) < 4.78 is 11.2. The van der Waals surface area contributed by atoms with Crippen molar-refractivity contribution in [2.24, 2.45) is 0 Å². The first kappa shape index (κ1) is 21.6. The molecule has 1 unspecified atom stereocenters. The molecule has 1 atom stereocenters. The Morgan fingerprint density at radius 2 is 1.91 bits per heavy atom. The van der Waals surface area contributed by atoms with Crippen molar-refractivity contribution >= 4 is 23.5 Å². The van der Waals surface area contributed by atoms with Gasteiger partial charge in [-0.2, -0.15) is 0 Å². The average molecular weight is 453 g/mol. The molecular formula is C24H21ClN2O5. The molecule has 1 N–H and O–H groups in total. The van der Waals surface area contributed by atoms with Crippen LogP contribution in [0.5, 0.6) is 11.5 Å². The highest BCUT2D eigenvalue weighted by atomic mass is 35.5. The second-order valence-corrected chi connectivity index (χ2v) is 7.72. The third-order valence-electron chi connectivity index (χ3n) is 5.22. The molecule has 0 fully saturated rings. The Labute approximate surface area is 190 Å². The Kier molecular flexibility index (Phi) is 6.56. The maximum atomic E-state index is 13.2. The highest BCUT2D eigenvalue weighted by Gasteiger charge is 2.34. The Morgan fingerprint density at radius 1 is 1.06 bits per heavy atom. The molecule has 1 aliphatic heterocycles. The van der Waals surface area contributed by atoms with Crippen LogP contribution in [0.3, 0.4) is 0 Å². The summed E-state index contributed by atoms with van der Waals surface area (Å²) in [6, 6.07) is 15.8. The van der Waals surface area contributed by atoms with Gasteiger partial charge < -0.3 is 19.5 Å². The number of hydrogen-bond acceptors (Lipinski definition) is 5. The molecule has 0 bridgehead atoms. The summed E-state index contributed by atoms with van der Waals surface area (Å²) in [5, 5.41) is 9.53. The Balaban J connectivity index is 1.69. The number of rotatable bonds is 7. The van der Waals surface area contributed by atoms with Gasteiger partial charge in [0.15, 0.2) is 13.2 Å². The first-order valence-corrected chi connectivity index (χ1v) is 10.4. The summed E-state index contributed by atoms with van der Waals surface area (Å²) >= 11 is 6.29. The molecule has 7 nitrogen and oxygen atoms in total. The van der Waals surface area contributed by atoms with Crippen molar-refractivity contribution in [3.05, 3.63) is 88.7 Å². The standard InChI is InChI=1S/C24H21ClN2O5/c25-17-7-8-21(32-15-23(29)30)20(12-17)24-19-6-2-1-4-16(19)9-11-27(24)22(28)14-31-18-5-3-10-26-13-18/h1-8,10,12-13,24H,9,11,14-15H2,(H,29,30). The van der Waals surface area contributed by atoms with Crippen molar-refractivity contribution in [3.63, 3.8) is 0 Å². The van der Waals surface area contributed by atoms with Crippen LogP contribution >= 0.6 is 11.6 Å². The number of carboxylic acids is 1. The number of carboxylic acid groups (broad SMARTS) is 1. The predicted octanol–water partition coefficient (Wildman–Crippen LogP) is 3.75. The molecule has 1 aromatic heterocycles. The van der Waals surface area contributed by atoms with Crippen LogP contribution < -0.4 is 9.47 Å². The number of carbonyl (C=O) groups is 2. The second-order valence-electron chi connectivity index (χ2n) is 7.28. The van der Waals surface area contributed by atoms with Crippen molar-refractivity contribution < 1.29 is 24.2 Å². The number of amides is 1. The van der Waals surface area contributed by atoms with Crippen molar-refractivity contribution in [1.29, 1.82) is 0 Å². The smallest absolute Gasteiger partial charge is 0.341 e. The van der Waals surface area contributed by atoms with Crippen LogP contribution in [-0.2, 0) is 16.0 Å². The zero-order chi connectivity index (χ0) is 22.5. The minimum atomic E-state index is -1.09. The Bertz CT molecular complexity index is 1120. The Morgan fingerprint density at radius 3 is 2.69 bits per heavy atom. The van der Waals surface area contributed by atoms with Crippen LogP contribution in [0.1, 0.15) is 22.7 Å². The normalized spacial score (nSPS) is 15.0. The molecule has 1 amide bonds. The summed E-state index contributed by atoms with van der Waals surface area (Å²) in [6.07, 6.45) is 3.87. The second kappa shape index (κ2) is 9.70. The van der Waals surface area contributed by atoms with Crippen LogP contribution in [0.4, 0.5) is 0 Å². The summed E-state index contributed by atoms with van der Waals surface area (Å²) in [7, 11) is 0. The third-order valence-corrected chi connectivity index (χ3v) is 5.45. The van der Waals surface area contributed by atoms with Crippen LogP contribution in [0.15, 0.2) is 67.0 Å².